The van der Waals surface area contributed by atoms with Crippen molar-refractivity contribution < 1.29 is 9.13 Å². The van der Waals surface area contributed by atoms with Crippen LogP contribution in [-0.4, -0.2) is 55.3 Å². The highest BCUT2D eigenvalue weighted by atomic mass is 32.1. The fourth-order valence-electron chi connectivity index (χ4n) is 3.12. The third-order valence-electron chi connectivity index (χ3n) is 4.30. The molecule has 2 saturated heterocycles. The number of thiocarbonyl (C=S) groups is 1. The summed E-state index contributed by atoms with van der Waals surface area (Å²) in [6.45, 7) is 5.29. The van der Waals surface area contributed by atoms with Crippen LogP contribution in [0.1, 0.15) is 12.0 Å². The van der Waals surface area contributed by atoms with Gasteiger partial charge in [0.05, 0.1) is 18.9 Å². The molecule has 0 bridgehead atoms. The number of hydrogen-bond acceptors (Lipinski definition) is 4. The summed E-state index contributed by atoms with van der Waals surface area (Å²) >= 11 is 4.88. The number of rotatable bonds is 3. The largest absolute Gasteiger partial charge is 0.389 e. The van der Waals surface area contributed by atoms with Gasteiger partial charge in [-0.15, -0.1) is 0 Å². The van der Waals surface area contributed by atoms with E-state index < -0.39 is 0 Å². The van der Waals surface area contributed by atoms with Gasteiger partial charge in [-0.25, -0.2) is 4.39 Å². The monoisotopic (exact) mass is 309 g/mol. The minimum atomic E-state index is -0.247. The second kappa shape index (κ2) is 6.25. The average molecular weight is 309 g/mol. The third kappa shape index (κ3) is 3.17. The van der Waals surface area contributed by atoms with E-state index in [0.29, 0.717) is 17.3 Å². The summed E-state index contributed by atoms with van der Waals surface area (Å²) in [5.74, 6) is -0.247. The van der Waals surface area contributed by atoms with Crippen molar-refractivity contribution in [2.75, 3.05) is 44.3 Å². The van der Waals surface area contributed by atoms with Crippen molar-refractivity contribution in [1.82, 2.24) is 4.90 Å². The maximum absolute atomic E-state index is 14.2. The highest BCUT2D eigenvalue weighted by molar-refractivity contribution is 7.80. The highest BCUT2D eigenvalue weighted by Gasteiger charge is 2.29. The zero-order chi connectivity index (χ0) is 14.8. The Bertz CT molecular complexity index is 534. The summed E-state index contributed by atoms with van der Waals surface area (Å²) in [6.07, 6.45) is 1.07. The van der Waals surface area contributed by atoms with E-state index in [1.165, 1.54) is 6.07 Å². The predicted octanol–water partition coefficient (Wildman–Crippen LogP) is 1.37. The van der Waals surface area contributed by atoms with Crippen molar-refractivity contribution in [3.8, 4) is 0 Å². The van der Waals surface area contributed by atoms with E-state index in [2.05, 4.69) is 9.80 Å². The summed E-state index contributed by atoms with van der Waals surface area (Å²) in [4.78, 5) is 4.79. The smallest absolute Gasteiger partial charge is 0.147 e. The Balaban J connectivity index is 1.69. The van der Waals surface area contributed by atoms with Gasteiger partial charge in [0.15, 0.2) is 0 Å². The Morgan fingerprint density at radius 2 is 2.05 bits per heavy atom. The van der Waals surface area contributed by atoms with Gasteiger partial charge in [0, 0.05) is 37.8 Å². The molecule has 1 unspecified atom stereocenters. The van der Waals surface area contributed by atoms with Gasteiger partial charge < -0.3 is 15.4 Å². The number of morpholine rings is 1. The molecule has 2 heterocycles. The van der Waals surface area contributed by atoms with E-state index in [1.54, 1.807) is 12.1 Å². The summed E-state index contributed by atoms with van der Waals surface area (Å²) in [5.41, 5.74) is 6.76. The lowest BCUT2D eigenvalue weighted by molar-refractivity contribution is 0.0209. The number of nitrogens with zero attached hydrogens (tertiary/aromatic N) is 2. The molecule has 114 valence electrons. The summed E-state index contributed by atoms with van der Waals surface area (Å²) in [7, 11) is 0. The van der Waals surface area contributed by atoms with Gasteiger partial charge in [-0.1, -0.05) is 12.2 Å². The Kier molecular flexibility index (Phi) is 4.37. The fraction of sp³-hybridized carbons (Fsp3) is 0.533. The molecule has 0 spiro atoms. The molecule has 4 nitrogen and oxygen atoms in total. The second-order valence-corrected chi connectivity index (χ2v) is 6.01. The average Bonchev–Trinajstić information content (AvgIpc) is 2.97. The van der Waals surface area contributed by atoms with Crippen LogP contribution in [0.25, 0.3) is 0 Å². The van der Waals surface area contributed by atoms with Crippen molar-refractivity contribution in [1.29, 1.82) is 0 Å². The maximum Gasteiger partial charge on any atom is 0.147 e. The molecule has 1 aromatic rings. The minimum Gasteiger partial charge on any atom is -0.389 e. The van der Waals surface area contributed by atoms with E-state index >= 15 is 0 Å². The zero-order valence-corrected chi connectivity index (χ0v) is 12.7. The van der Waals surface area contributed by atoms with Gasteiger partial charge in [0.25, 0.3) is 0 Å². The normalized spacial score (nSPS) is 23.5. The van der Waals surface area contributed by atoms with Gasteiger partial charge in [0.1, 0.15) is 10.8 Å². The van der Waals surface area contributed by atoms with Crippen LogP contribution in [-0.2, 0) is 4.74 Å². The molecule has 2 N–H and O–H groups in total. The van der Waals surface area contributed by atoms with Crippen LogP contribution in [0.2, 0.25) is 0 Å². The lowest BCUT2D eigenvalue weighted by Gasteiger charge is -2.32. The number of benzene rings is 1. The van der Waals surface area contributed by atoms with Gasteiger partial charge in [-0.05, 0) is 24.6 Å². The molecule has 0 amide bonds. The third-order valence-corrected chi connectivity index (χ3v) is 4.53. The Labute approximate surface area is 129 Å². The van der Waals surface area contributed by atoms with Crippen molar-refractivity contribution in [3.63, 3.8) is 0 Å². The first-order chi connectivity index (χ1) is 10.1. The number of anilines is 1. The molecule has 1 aromatic carbocycles. The Morgan fingerprint density at radius 3 is 2.71 bits per heavy atom. The van der Waals surface area contributed by atoms with Crippen LogP contribution >= 0.6 is 12.2 Å². The molecular formula is C15H20FN3OS. The maximum atomic E-state index is 14.2. The van der Waals surface area contributed by atoms with Crippen LogP contribution in [0.5, 0.6) is 0 Å². The quantitative estimate of drug-likeness (QED) is 0.854. The van der Waals surface area contributed by atoms with Gasteiger partial charge >= 0.3 is 0 Å². The standard InChI is InChI=1S/C15H20FN3OS/c16-13-9-11(15(17)21)1-2-14(13)19-4-3-12(10-19)18-5-7-20-8-6-18/h1-2,9,12H,3-8,10H2,(H2,17,21). The number of hydrogen-bond donors (Lipinski definition) is 1. The molecule has 2 fully saturated rings. The molecule has 2 aliphatic rings. The Morgan fingerprint density at radius 1 is 1.29 bits per heavy atom. The molecular weight excluding hydrogens is 289 g/mol. The van der Waals surface area contributed by atoms with Gasteiger partial charge in [-0.3, -0.25) is 4.90 Å². The summed E-state index contributed by atoms with van der Waals surface area (Å²) in [5, 5.41) is 0. The van der Waals surface area contributed by atoms with Crippen molar-refractivity contribution in [3.05, 3.63) is 29.6 Å². The summed E-state index contributed by atoms with van der Waals surface area (Å²) in [6, 6.07) is 5.50. The van der Waals surface area contributed by atoms with Crippen LogP contribution in [0.15, 0.2) is 18.2 Å². The second-order valence-electron chi connectivity index (χ2n) is 5.57. The van der Waals surface area contributed by atoms with E-state index in [0.717, 1.165) is 45.8 Å². The molecule has 21 heavy (non-hydrogen) atoms. The lowest BCUT2D eigenvalue weighted by atomic mass is 10.2. The number of halogens is 1. The molecule has 2 aliphatic heterocycles. The lowest BCUT2D eigenvalue weighted by Crippen LogP contribution is -2.44. The van der Waals surface area contributed by atoms with Gasteiger partial charge in [0.2, 0.25) is 0 Å². The van der Waals surface area contributed by atoms with Crippen molar-refractivity contribution in [2.45, 2.75) is 12.5 Å². The van der Waals surface area contributed by atoms with E-state index in [4.69, 9.17) is 22.7 Å². The van der Waals surface area contributed by atoms with Crippen molar-refractivity contribution >= 4 is 22.9 Å². The van der Waals surface area contributed by atoms with Gasteiger partial charge in [-0.2, -0.15) is 0 Å². The highest BCUT2D eigenvalue weighted by Crippen LogP contribution is 2.26. The van der Waals surface area contributed by atoms with E-state index in [-0.39, 0.29) is 10.8 Å². The number of ether oxygens (including phenoxy) is 1. The van der Waals surface area contributed by atoms with E-state index in [1.807, 2.05) is 0 Å². The van der Waals surface area contributed by atoms with Crippen LogP contribution in [0, 0.1) is 5.82 Å². The Hall–Kier alpha value is -1.24. The van der Waals surface area contributed by atoms with Crippen molar-refractivity contribution in [2.24, 2.45) is 5.73 Å². The predicted molar refractivity (Wildman–Crippen MR) is 85.3 cm³/mol. The molecule has 6 heteroatoms. The summed E-state index contributed by atoms with van der Waals surface area (Å²) < 4.78 is 19.6. The SMILES string of the molecule is NC(=S)c1ccc(N2CCC(N3CCOCC3)C2)c(F)c1. The number of nitrogens with two attached hydrogens (primary N) is 1. The first-order valence-electron chi connectivity index (χ1n) is 7.31. The topological polar surface area (TPSA) is 41.7 Å². The molecule has 0 aromatic heterocycles. The first kappa shape index (κ1) is 14.7. The fourth-order valence-corrected chi connectivity index (χ4v) is 3.24. The van der Waals surface area contributed by atoms with Crippen LogP contribution in [0.3, 0.4) is 0 Å². The molecule has 0 saturated carbocycles. The zero-order valence-electron chi connectivity index (χ0n) is 11.9. The van der Waals surface area contributed by atoms with E-state index in [9.17, 15) is 4.39 Å². The first-order valence-corrected chi connectivity index (χ1v) is 7.72. The molecule has 0 aliphatic carbocycles. The molecule has 1 atom stereocenters. The van der Waals surface area contributed by atoms with Crippen LogP contribution in [0.4, 0.5) is 10.1 Å². The molecule has 0 radical (unpaired) electrons. The van der Waals surface area contributed by atoms with Crippen LogP contribution < -0.4 is 10.6 Å². The molecule has 3 rings (SSSR count). The minimum absolute atomic E-state index is 0.230.